The Balaban J connectivity index is 2.30. The largest absolute Gasteiger partial charge is 0.480 e. The van der Waals surface area contributed by atoms with Crippen LogP contribution in [0.25, 0.3) is 0 Å². The third-order valence-electron chi connectivity index (χ3n) is 4.90. The number of sulfone groups is 1. The van der Waals surface area contributed by atoms with E-state index in [0.29, 0.717) is 12.8 Å². The molecule has 0 aromatic heterocycles. The molecule has 12 heteroatoms. The van der Waals surface area contributed by atoms with Gasteiger partial charge in [-0.1, -0.05) is 0 Å². The molecule has 2 aliphatic heterocycles. The Kier molecular flexibility index (Phi) is 7.00. The number of nitrogens with one attached hydrogen (secondary N) is 1. The minimum Gasteiger partial charge on any atom is -0.480 e. The Bertz CT molecular complexity index is 820. The molecule has 11 nitrogen and oxygen atoms in total. The molecule has 2 N–H and O–H groups in total. The van der Waals surface area contributed by atoms with E-state index < -0.39 is 63.2 Å². The molecule has 3 atom stereocenters. The van der Waals surface area contributed by atoms with Crippen molar-refractivity contribution in [1.29, 1.82) is 0 Å². The highest BCUT2D eigenvalue weighted by molar-refractivity contribution is 7.91. The summed E-state index contributed by atoms with van der Waals surface area (Å²) >= 11 is 0. The first-order valence-electron chi connectivity index (χ1n) is 9.68. The lowest BCUT2D eigenvalue weighted by Crippen LogP contribution is -2.61. The lowest BCUT2D eigenvalue weighted by Gasteiger charge is -2.38. The van der Waals surface area contributed by atoms with Crippen LogP contribution >= 0.6 is 0 Å². The van der Waals surface area contributed by atoms with Crippen molar-refractivity contribution in [2.24, 2.45) is 0 Å². The van der Waals surface area contributed by atoms with Crippen LogP contribution in [0, 0.1) is 0 Å². The van der Waals surface area contributed by atoms with E-state index >= 15 is 0 Å². The number of rotatable bonds is 4. The van der Waals surface area contributed by atoms with Crippen molar-refractivity contribution in [3.05, 3.63) is 0 Å². The van der Waals surface area contributed by atoms with Crippen LogP contribution in [-0.2, 0) is 29.0 Å². The van der Waals surface area contributed by atoms with Crippen LogP contribution in [-0.4, -0.2) is 96.0 Å². The van der Waals surface area contributed by atoms with Crippen LogP contribution in [0.4, 0.5) is 4.79 Å². The van der Waals surface area contributed by atoms with Crippen LogP contribution in [0.1, 0.15) is 40.0 Å². The predicted molar refractivity (Wildman–Crippen MR) is 105 cm³/mol. The molecule has 2 saturated heterocycles. The van der Waals surface area contributed by atoms with Gasteiger partial charge in [-0.2, -0.15) is 0 Å². The molecule has 0 radical (unpaired) electrons. The molecule has 2 aliphatic rings. The molecule has 0 aromatic carbocycles. The average molecular weight is 448 g/mol. The normalized spacial score (nSPS) is 25.2. The molecule has 170 valence electrons. The maximum atomic E-state index is 13.2. The summed E-state index contributed by atoms with van der Waals surface area (Å²) in [7, 11) is -3.59. The van der Waals surface area contributed by atoms with Crippen molar-refractivity contribution in [3.63, 3.8) is 0 Å². The summed E-state index contributed by atoms with van der Waals surface area (Å²) in [6.45, 7) is 4.80. The minimum atomic E-state index is -3.59. The standard InChI is InChI=1S/C18H29N3O8S/c1-18(2,3)29-17(26)19-12-9-20(14(22)10-30(4,27)28)8-7-11-5-6-13(16(24)25)21(11)15(12)23/h11-13H,5-10H2,1-4H3,(H,19,26)(H,24,25)/t11-,12+,13+/m1/s1. The number of carboxylic acid groups (broad SMARTS) is 1. The Labute approximate surface area is 175 Å². The van der Waals surface area contributed by atoms with Gasteiger partial charge in [0.15, 0.2) is 9.84 Å². The molecule has 0 saturated carbocycles. The smallest absolute Gasteiger partial charge is 0.408 e. The van der Waals surface area contributed by atoms with Crippen LogP contribution in [0.5, 0.6) is 0 Å². The van der Waals surface area contributed by atoms with Crippen molar-refractivity contribution in [2.75, 3.05) is 25.1 Å². The third-order valence-corrected chi connectivity index (χ3v) is 5.68. The number of amides is 3. The lowest BCUT2D eigenvalue weighted by molar-refractivity contribution is -0.152. The number of carbonyl (C=O) groups excluding carboxylic acids is 3. The van der Waals surface area contributed by atoms with E-state index in [0.717, 1.165) is 6.26 Å². The topological polar surface area (TPSA) is 150 Å². The summed E-state index contributed by atoms with van der Waals surface area (Å²) < 4.78 is 28.3. The van der Waals surface area contributed by atoms with Gasteiger partial charge in [-0.15, -0.1) is 0 Å². The van der Waals surface area contributed by atoms with Crippen LogP contribution in [0.15, 0.2) is 0 Å². The second-order valence-electron chi connectivity index (χ2n) is 8.73. The predicted octanol–water partition coefficient (Wildman–Crippen LogP) is -0.399. The van der Waals surface area contributed by atoms with Crippen molar-refractivity contribution in [2.45, 2.75) is 63.8 Å². The van der Waals surface area contributed by atoms with Gasteiger partial charge in [0.1, 0.15) is 23.4 Å². The van der Waals surface area contributed by atoms with E-state index in [-0.39, 0.29) is 19.5 Å². The minimum absolute atomic E-state index is 0.141. The Hall–Kier alpha value is -2.37. The number of aliphatic carboxylic acids is 1. The van der Waals surface area contributed by atoms with Gasteiger partial charge < -0.3 is 25.0 Å². The molecule has 0 unspecified atom stereocenters. The first-order chi connectivity index (χ1) is 13.7. The number of ether oxygens (including phenoxy) is 1. The van der Waals surface area contributed by atoms with Crippen molar-refractivity contribution < 1.29 is 37.4 Å². The van der Waals surface area contributed by atoms with Crippen LogP contribution in [0.3, 0.4) is 0 Å². The summed E-state index contributed by atoms with van der Waals surface area (Å²) in [5.41, 5.74) is -0.833. The quantitative estimate of drug-likeness (QED) is 0.591. The monoisotopic (exact) mass is 447 g/mol. The molecule has 2 fully saturated rings. The molecule has 0 spiro atoms. The number of carboxylic acids is 1. The maximum Gasteiger partial charge on any atom is 0.408 e. The Morgan fingerprint density at radius 2 is 1.83 bits per heavy atom. The van der Waals surface area contributed by atoms with E-state index in [1.165, 1.54) is 9.80 Å². The molecular weight excluding hydrogens is 418 g/mol. The molecular formula is C18H29N3O8S. The summed E-state index contributed by atoms with van der Waals surface area (Å²) in [4.78, 5) is 52.0. The number of fused-ring (bicyclic) bond motifs is 1. The number of hydrogen-bond donors (Lipinski definition) is 2. The summed E-state index contributed by atoms with van der Waals surface area (Å²) in [5, 5.41) is 11.9. The zero-order valence-corrected chi connectivity index (χ0v) is 18.4. The number of carbonyl (C=O) groups is 4. The van der Waals surface area contributed by atoms with E-state index in [1.807, 2.05) is 0 Å². The SMILES string of the molecule is CC(C)(C)OC(=O)N[C@H]1CN(C(=O)CS(C)(=O)=O)CC[C@H]2CC[C@@H](C(=O)O)N2C1=O. The zero-order valence-electron chi connectivity index (χ0n) is 17.6. The van der Waals surface area contributed by atoms with Crippen molar-refractivity contribution >= 4 is 33.7 Å². The fraction of sp³-hybridized carbons (Fsp3) is 0.778. The molecule has 0 bridgehead atoms. The third kappa shape index (κ3) is 6.31. The first kappa shape index (κ1) is 23.9. The molecule has 2 heterocycles. The van der Waals surface area contributed by atoms with Gasteiger partial charge in [-0.25, -0.2) is 18.0 Å². The van der Waals surface area contributed by atoms with Gasteiger partial charge in [0.2, 0.25) is 11.8 Å². The maximum absolute atomic E-state index is 13.2. The number of hydrogen-bond acceptors (Lipinski definition) is 7. The number of nitrogens with zero attached hydrogens (tertiary/aromatic N) is 2. The van der Waals surface area contributed by atoms with Crippen molar-refractivity contribution in [1.82, 2.24) is 15.1 Å². The summed E-state index contributed by atoms with van der Waals surface area (Å²) in [6.07, 6.45) is 1.08. The van der Waals surface area contributed by atoms with Crippen molar-refractivity contribution in [3.8, 4) is 0 Å². The molecule has 0 aliphatic carbocycles. The van der Waals surface area contributed by atoms with E-state index in [4.69, 9.17) is 4.74 Å². The second kappa shape index (κ2) is 8.78. The van der Waals surface area contributed by atoms with E-state index in [2.05, 4.69) is 5.32 Å². The molecule has 30 heavy (non-hydrogen) atoms. The highest BCUT2D eigenvalue weighted by Gasteiger charge is 2.45. The molecule has 3 amide bonds. The average Bonchev–Trinajstić information content (AvgIpc) is 2.95. The number of alkyl carbamates (subject to hydrolysis) is 1. The molecule has 2 rings (SSSR count). The van der Waals surface area contributed by atoms with E-state index in [1.54, 1.807) is 20.8 Å². The van der Waals surface area contributed by atoms with Gasteiger partial charge in [0.05, 0.1) is 6.54 Å². The van der Waals surface area contributed by atoms with E-state index in [9.17, 15) is 32.7 Å². The fourth-order valence-corrected chi connectivity index (χ4v) is 4.35. The fourth-order valence-electron chi connectivity index (χ4n) is 3.72. The zero-order chi connectivity index (χ0) is 22.9. The van der Waals surface area contributed by atoms with Gasteiger partial charge >= 0.3 is 12.1 Å². The Morgan fingerprint density at radius 3 is 2.37 bits per heavy atom. The highest BCUT2D eigenvalue weighted by Crippen LogP contribution is 2.29. The van der Waals surface area contributed by atoms with Gasteiger partial charge in [-0.3, -0.25) is 9.59 Å². The van der Waals surface area contributed by atoms with Gasteiger partial charge in [-0.05, 0) is 40.0 Å². The van der Waals surface area contributed by atoms with Gasteiger partial charge in [0, 0.05) is 18.8 Å². The summed E-state index contributed by atoms with van der Waals surface area (Å²) in [5.74, 6) is -3.16. The highest BCUT2D eigenvalue weighted by atomic mass is 32.2. The second-order valence-corrected chi connectivity index (χ2v) is 10.9. The lowest BCUT2D eigenvalue weighted by atomic mass is 10.1. The first-order valence-corrected chi connectivity index (χ1v) is 11.7. The van der Waals surface area contributed by atoms with Gasteiger partial charge in [0.25, 0.3) is 0 Å². The Morgan fingerprint density at radius 1 is 1.20 bits per heavy atom. The molecule has 0 aromatic rings. The van der Waals surface area contributed by atoms with Crippen LogP contribution in [0.2, 0.25) is 0 Å². The summed E-state index contributed by atoms with van der Waals surface area (Å²) in [6, 6.07) is -2.69. The van der Waals surface area contributed by atoms with Crippen LogP contribution < -0.4 is 5.32 Å².